The van der Waals surface area contributed by atoms with E-state index in [-0.39, 0.29) is 23.6 Å². The highest BCUT2D eigenvalue weighted by atomic mass is 31.2. The average molecular weight is 731 g/mol. The van der Waals surface area contributed by atoms with Crippen LogP contribution in [0.25, 0.3) is 33.4 Å². The molecule has 2 aromatic carbocycles. The molecular formula is C40H53N5O6P+. The van der Waals surface area contributed by atoms with E-state index in [0.717, 1.165) is 47.7 Å². The van der Waals surface area contributed by atoms with Gasteiger partial charge in [0, 0.05) is 72.6 Å². The summed E-state index contributed by atoms with van der Waals surface area (Å²) in [5, 5.41) is 23.9. The molecule has 0 radical (unpaired) electrons. The number of benzene rings is 3. The average Bonchev–Trinajstić information content (AvgIpc) is 3.10. The number of unbranched alkanes of at least 4 members (excludes halogenated alkanes) is 3. The number of hydrogen-bond donors (Lipinski definition) is 2. The molecule has 2 N–H and O–H groups in total. The van der Waals surface area contributed by atoms with E-state index < -0.39 is 14.5 Å². The largest absolute Gasteiger partial charge is 0.478 e. The monoisotopic (exact) mass is 730 g/mol. The van der Waals surface area contributed by atoms with Gasteiger partial charge < -0.3 is 28.8 Å². The highest BCUT2D eigenvalue weighted by Gasteiger charge is 2.27. The number of carbonyl (C=O) groups is 2. The lowest BCUT2D eigenvalue weighted by Gasteiger charge is -2.35. The van der Waals surface area contributed by atoms with Crippen molar-refractivity contribution >= 4 is 37.1 Å². The quantitative estimate of drug-likeness (QED) is 0.0460. The first-order chi connectivity index (χ1) is 24.8. The maximum atomic E-state index is 13.4. The number of nitrogens with one attached hydrogen (secondary N) is 1. The lowest BCUT2D eigenvalue weighted by molar-refractivity contribution is 0.0697. The number of carbonyl (C=O) groups excluding carboxylic acids is 1. The minimum absolute atomic E-state index is 0.102. The molecule has 0 bridgehead atoms. The lowest BCUT2D eigenvalue weighted by atomic mass is 9.89. The minimum Gasteiger partial charge on any atom is -0.478 e. The lowest BCUT2D eigenvalue weighted by Crippen LogP contribution is -2.33. The Morgan fingerprint density at radius 3 is 2.29 bits per heavy atom. The number of amides is 1. The number of carboxylic acids is 1. The van der Waals surface area contributed by atoms with Crippen molar-refractivity contribution in [2.24, 2.45) is 0 Å². The third-order valence-corrected chi connectivity index (χ3v) is 10.8. The molecule has 11 nitrogen and oxygen atoms in total. The number of aromatic carboxylic acids is 1. The Balaban J connectivity index is 1.48. The molecule has 1 aliphatic carbocycles. The fourth-order valence-corrected chi connectivity index (χ4v) is 7.76. The summed E-state index contributed by atoms with van der Waals surface area (Å²) in [5.74, 6) is -0.727. The molecule has 52 heavy (non-hydrogen) atoms. The van der Waals surface area contributed by atoms with Crippen LogP contribution in [0.2, 0.25) is 0 Å². The van der Waals surface area contributed by atoms with Crippen LogP contribution >= 0.6 is 8.53 Å². The Morgan fingerprint density at radius 2 is 1.63 bits per heavy atom. The molecule has 1 unspecified atom stereocenters. The van der Waals surface area contributed by atoms with Crippen molar-refractivity contribution in [3.63, 3.8) is 0 Å². The Hall–Kier alpha value is -4.33. The van der Waals surface area contributed by atoms with Crippen LogP contribution in [-0.2, 0) is 9.05 Å². The van der Waals surface area contributed by atoms with Crippen molar-refractivity contribution in [2.75, 3.05) is 52.8 Å². The van der Waals surface area contributed by atoms with Crippen LogP contribution in [0.15, 0.2) is 59.0 Å². The van der Waals surface area contributed by atoms with E-state index in [1.807, 2.05) is 74.1 Å². The Kier molecular flexibility index (Phi) is 14.7. The maximum Gasteiger partial charge on any atom is 0.336 e. The smallest absolute Gasteiger partial charge is 0.336 e. The molecule has 0 fully saturated rings. The van der Waals surface area contributed by atoms with E-state index in [1.54, 1.807) is 12.1 Å². The van der Waals surface area contributed by atoms with Gasteiger partial charge in [0.2, 0.25) is 5.36 Å². The molecule has 0 saturated heterocycles. The molecule has 2 aromatic rings. The molecule has 2 aliphatic rings. The van der Waals surface area contributed by atoms with Crippen LogP contribution in [0, 0.1) is 11.3 Å². The van der Waals surface area contributed by atoms with E-state index in [4.69, 9.17) is 18.7 Å². The number of fused-ring (bicyclic) bond motifs is 2. The normalized spacial score (nSPS) is 12.1. The van der Waals surface area contributed by atoms with Crippen molar-refractivity contribution in [2.45, 2.75) is 71.9 Å². The van der Waals surface area contributed by atoms with Gasteiger partial charge in [0.1, 0.15) is 25.4 Å². The zero-order chi connectivity index (χ0) is 37.9. The summed E-state index contributed by atoms with van der Waals surface area (Å²) in [5.41, 5.74) is 3.94. The van der Waals surface area contributed by atoms with E-state index in [9.17, 15) is 14.7 Å². The van der Waals surface area contributed by atoms with E-state index in [0.29, 0.717) is 54.2 Å². The fourth-order valence-electron chi connectivity index (χ4n) is 6.13. The van der Waals surface area contributed by atoms with Gasteiger partial charge in [-0.15, -0.1) is 0 Å². The van der Waals surface area contributed by atoms with Gasteiger partial charge in [-0.05, 0) is 82.5 Å². The summed E-state index contributed by atoms with van der Waals surface area (Å²) in [4.78, 5) is 28.0. The summed E-state index contributed by atoms with van der Waals surface area (Å²) < 4.78 is 22.8. The molecule has 1 heterocycles. The second-order valence-corrected chi connectivity index (χ2v) is 15.2. The standard InChI is InChI=1S/C40H52N5O6P/c1-27(2)45(28(3)4)52(50-23-13-20-41)49-22-12-10-9-11-21-42-39(46)29-14-17-32(40(47)48)35(24-29)38-33-18-15-30(43(5)6)25-36(33)51-37-26-31(44(7)8)16-19-34(37)38/h14-19,24-28H,9-13,21-23H2,1-8H3,(H-,42,46,47,48)/p+1. The van der Waals surface area contributed by atoms with E-state index in [2.05, 4.69) is 43.8 Å². The molecule has 1 aliphatic heterocycles. The summed E-state index contributed by atoms with van der Waals surface area (Å²) in [6, 6.07) is 19.1. The predicted molar refractivity (Wildman–Crippen MR) is 209 cm³/mol. The number of rotatable bonds is 18. The zero-order valence-electron chi connectivity index (χ0n) is 31.7. The Bertz CT molecular complexity index is 1920. The SMILES string of the molecule is CC(C)N(C(C)C)P(OCCC#N)OCCCCCCNC(=O)c1ccc(C(=O)O)c(-c2c3ccc(=[N+](C)C)cc-3oc3cc(N(C)C)ccc23)c1. The second-order valence-electron chi connectivity index (χ2n) is 13.7. The van der Waals surface area contributed by atoms with Crippen LogP contribution in [0.4, 0.5) is 5.69 Å². The number of nitrogens with zero attached hydrogens (tertiary/aromatic N) is 4. The molecule has 278 valence electrons. The van der Waals surface area contributed by atoms with Crippen LogP contribution in [-0.4, -0.2) is 81.7 Å². The number of hydrogen-bond acceptors (Lipinski definition) is 8. The van der Waals surface area contributed by atoms with Crippen molar-refractivity contribution in [1.29, 1.82) is 5.26 Å². The van der Waals surface area contributed by atoms with Gasteiger partial charge in [-0.1, -0.05) is 12.8 Å². The second kappa shape index (κ2) is 19.0. The third-order valence-electron chi connectivity index (χ3n) is 8.72. The summed E-state index contributed by atoms with van der Waals surface area (Å²) >= 11 is 0. The minimum atomic E-state index is -1.25. The first-order valence-electron chi connectivity index (χ1n) is 17.9. The van der Waals surface area contributed by atoms with Crippen LogP contribution in [0.5, 0.6) is 0 Å². The first kappa shape index (κ1) is 40.4. The maximum absolute atomic E-state index is 13.4. The number of carboxylic acid groups (broad SMARTS) is 1. The topological polar surface area (TPSA) is 131 Å². The van der Waals surface area contributed by atoms with Gasteiger partial charge >= 0.3 is 5.97 Å². The summed E-state index contributed by atoms with van der Waals surface area (Å²) in [7, 11) is 6.56. The van der Waals surface area contributed by atoms with Gasteiger partial charge in [-0.25, -0.2) is 14.0 Å². The summed E-state index contributed by atoms with van der Waals surface area (Å²) in [6.07, 6.45) is 3.82. The number of anilines is 1. The van der Waals surface area contributed by atoms with Crippen LogP contribution in [0.3, 0.4) is 0 Å². The van der Waals surface area contributed by atoms with Gasteiger partial charge in [0.25, 0.3) is 14.4 Å². The van der Waals surface area contributed by atoms with Crippen molar-refractivity contribution in [1.82, 2.24) is 14.6 Å². The number of nitriles is 1. The molecule has 0 spiro atoms. The van der Waals surface area contributed by atoms with Crippen molar-refractivity contribution < 1.29 is 28.2 Å². The summed E-state index contributed by atoms with van der Waals surface area (Å²) in [6.45, 7) is 9.86. The van der Waals surface area contributed by atoms with Crippen LogP contribution < -0.4 is 20.1 Å². The van der Waals surface area contributed by atoms with Gasteiger partial charge in [0.15, 0.2) is 0 Å². The van der Waals surface area contributed by atoms with Crippen molar-refractivity contribution in [3.8, 4) is 28.5 Å². The van der Waals surface area contributed by atoms with Crippen molar-refractivity contribution in [3.05, 3.63) is 71.1 Å². The predicted octanol–water partition coefficient (Wildman–Crippen LogP) is 7.58. The third kappa shape index (κ3) is 10.2. The molecule has 1 amide bonds. The molecule has 0 saturated carbocycles. The van der Waals surface area contributed by atoms with E-state index >= 15 is 0 Å². The van der Waals surface area contributed by atoms with Gasteiger partial charge in [-0.2, -0.15) is 5.26 Å². The Morgan fingerprint density at radius 1 is 0.923 bits per heavy atom. The van der Waals surface area contributed by atoms with Crippen LogP contribution in [0.1, 0.15) is 80.5 Å². The molecule has 4 rings (SSSR count). The molecular weight excluding hydrogens is 677 g/mol. The zero-order valence-corrected chi connectivity index (χ0v) is 32.6. The van der Waals surface area contributed by atoms with E-state index in [1.165, 1.54) is 6.07 Å². The molecule has 12 heteroatoms. The Labute approximate surface area is 308 Å². The van der Waals surface area contributed by atoms with Gasteiger partial charge in [-0.3, -0.25) is 4.79 Å². The molecule has 1 atom stereocenters. The first-order valence-corrected chi connectivity index (χ1v) is 19.0. The highest BCUT2D eigenvalue weighted by Crippen LogP contribution is 2.46. The fraction of sp³-hybridized carbons (Fsp3) is 0.450. The highest BCUT2D eigenvalue weighted by molar-refractivity contribution is 7.44. The van der Waals surface area contributed by atoms with Gasteiger partial charge in [0.05, 0.1) is 37.3 Å². The molecule has 0 aromatic heterocycles.